The second-order valence-electron chi connectivity index (χ2n) is 6.30. The van der Waals surface area contributed by atoms with Crippen molar-refractivity contribution in [1.29, 1.82) is 0 Å². The minimum absolute atomic E-state index is 0.0873. The van der Waals surface area contributed by atoms with Crippen LogP contribution in [0.5, 0.6) is 0 Å². The van der Waals surface area contributed by atoms with Crippen LogP contribution in [0.15, 0.2) is 34.9 Å². The van der Waals surface area contributed by atoms with Gasteiger partial charge in [0.05, 0.1) is 12.1 Å². The Morgan fingerprint density at radius 3 is 2.56 bits per heavy atom. The molecule has 6 nitrogen and oxygen atoms in total. The van der Waals surface area contributed by atoms with Gasteiger partial charge < -0.3 is 14.7 Å². The first kappa shape index (κ1) is 18.6. The number of carbonyl (C=O) groups is 2. The van der Waals surface area contributed by atoms with Crippen molar-refractivity contribution in [3.63, 3.8) is 0 Å². The third-order valence-corrected chi connectivity index (χ3v) is 3.79. The van der Waals surface area contributed by atoms with E-state index >= 15 is 0 Å². The molecule has 0 aliphatic rings. The van der Waals surface area contributed by atoms with Crippen molar-refractivity contribution in [3.05, 3.63) is 53.2 Å². The van der Waals surface area contributed by atoms with Crippen LogP contribution in [0.1, 0.15) is 35.7 Å². The molecule has 0 bridgehead atoms. The van der Waals surface area contributed by atoms with Crippen molar-refractivity contribution >= 4 is 11.8 Å². The third-order valence-electron chi connectivity index (χ3n) is 3.79. The average molecular weight is 347 g/mol. The van der Waals surface area contributed by atoms with E-state index in [9.17, 15) is 14.0 Å². The summed E-state index contributed by atoms with van der Waals surface area (Å²) in [6.07, 6.45) is 0. The lowest BCUT2D eigenvalue weighted by atomic mass is 10.0. The number of likely N-dealkylation sites (N-methyl/N-ethyl adjacent to an activating group) is 1. The van der Waals surface area contributed by atoms with E-state index in [-0.39, 0.29) is 23.9 Å². The van der Waals surface area contributed by atoms with Crippen LogP contribution in [0, 0.1) is 18.7 Å². The number of carbonyl (C=O) groups excluding carboxylic acids is 2. The summed E-state index contributed by atoms with van der Waals surface area (Å²) in [5.41, 5.74) is 0.534. The maximum absolute atomic E-state index is 13.8. The molecule has 1 aromatic heterocycles. The van der Waals surface area contributed by atoms with Gasteiger partial charge in [0.15, 0.2) is 0 Å². The highest BCUT2D eigenvalue weighted by Crippen LogP contribution is 2.12. The molecule has 0 saturated heterocycles. The molecule has 25 heavy (non-hydrogen) atoms. The molecule has 1 aromatic carbocycles. The van der Waals surface area contributed by atoms with Crippen LogP contribution in [-0.4, -0.2) is 35.0 Å². The minimum atomic E-state index is -0.773. The highest BCUT2D eigenvalue weighted by molar-refractivity contribution is 5.97. The lowest BCUT2D eigenvalue weighted by Crippen LogP contribution is -2.50. The summed E-state index contributed by atoms with van der Waals surface area (Å²) in [7, 11) is 1.62. The maximum atomic E-state index is 13.8. The van der Waals surface area contributed by atoms with Gasteiger partial charge >= 0.3 is 0 Å². The van der Waals surface area contributed by atoms with Crippen molar-refractivity contribution in [2.24, 2.45) is 5.92 Å². The molecular weight excluding hydrogens is 325 g/mol. The number of amides is 2. The number of benzene rings is 1. The molecule has 1 heterocycles. The van der Waals surface area contributed by atoms with Crippen LogP contribution in [0.25, 0.3) is 0 Å². The maximum Gasteiger partial charge on any atom is 0.254 e. The number of nitrogens with one attached hydrogen (secondary N) is 1. The van der Waals surface area contributed by atoms with Gasteiger partial charge in [0.2, 0.25) is 5.91 Å². The third kappa shape index (κ3) is 4.65. The Morgan fingerprint density at radius 1 is 1.32 bits per heavy atom. The Kier molecular flexibility index (Phi) is 5.90. The fourth-order valence-electron chi connectivity index (χ4n) is 2.43. The number of aryl methyl sites for hydroxylation is 1. The fraction of sp³-hybridized carbons (Fsp3) is 0.389. The fourth-order valence-corrected chi connectivity index (χ4v) is 2.43. The highest BCUT2D eigenvalue weighted by atomic mass is 19.1. The Labute approximate surface area is 146 Å². The Hall–Kier alpha value is -2.70. The molecule has 0 radical (unpaired) electrons. The van der Waals surface area contributed by atoms with Gasteiger partial charge in [-0.15, -0.1) is 0 Å². The molecule has 7 heteroatoms. The molecular formula is C18H22FN3O3. The molecule has 0 saturated carbocycles. The summed E-state index contributed by atoms with van der Waals surface area (Å²) >= 11 is 0. The predicted molar refractivity (Wildman–Crippen MR) is 90.2 cm³/mol. The first-order valence-corrected chi connectivity index (χ1v) is 8.02. The molecule has 2 amide bonds. The smallest absolute Gasteiger partial charge is 0.254 e. The molecule has 2 rings (SSSR count). The molecule has 0 aliphatic heterocycles. The standard InChI is InChI=1S/C18H22FN3O3/c1-11(2)16(20-17(23)14-7-5-6-8-15(14)19)18(24)22(4)10-13-9-12(3)25-21-13/h5-9,11,16H,10H2,1-4H3,(H,20,23). The number of halogens is 1. The van der Waals surface area contributed by atoms with Crippen molar-refractivity contribution < 1.29 is 18.5 Å². The van der Waals surface area contributed by atoms with Crippen LogP contribution in [0.3, 0.4) is 0 Å². The van der Waals surface area contributed by atoms with E-state index in [4.69, 9.17) is 4.52 Å². The molecule has 1 N–H and O–H groups in total. The van der Waals surface area contributed by atoms with Gasteiger partial charge in [0, 0.05) is 13.1 Å². The lowest BCUT2D eigenvalue weighted by Gasteiger charge is -2.26. The molecule has 134 valence electrons. The average Bonchev–Trinajstić information content (AvgIpc) is 2.96. The lowest BCUT2D eigenvalue weighted by molar-refractivity contribution is -0.133. The summed E-state index contributed by atoms with van der Waals surface area (Å²) < 4.78 is 18.8. The van der Waals surface area contributed by atoms with E-state index < -0.39 is 17.8 Å². The second-order valence-corrected chi connectivity index (χ2v) is 6.30. The summed E-state index contributed by atoms with van der Waals surface area (Å²) in [4.78, 5) is 26.5. The first-order chi connectivity index (χ1) is 11.8. The Balaban J connectivity index is 2.10. The molecule has 1 unspecified atom stereocenters. The summed E-state index contributed by atoms with van der Waals surface area (Å²) in [6.45, 7) is 5.66. The summed E-state index contributed by atoms with van der Waals surface area (Å²) in [5, 5.41) is 6.49. The highest BCUT2D eigenvalue weighted by Gasteiger charge is 2.28. The molecule has 0 fully saturated rings. The van der Waals surface area contributed by atoms with Gasteiger partial charge in [0.1, 0.15) is 23.3 Å². The monoisotopic (exact) mass is 347 g/mol. The van der Waals surface area contributed by atoms with Gasteiger partial charge in [-0.1, -0.05) is 31.1 Å². The number of hydrogen-bond donors (Lipinski definition) is 1. The quantitative estimate of drug-likeness (QED) is 0.871. The van der Waals surface area contributed by atoms with Gasteiger partial charge in [-0.2, -0.15) is 0 Å². The van der Waals surface area contributed by atoms with E-state index in [0.717, 1.165) is 0 Å². The number of aromatic nitrogens is 1. The summed E-state index contributed by atoms with van der Waals surface area (Å²) in [5.74, 6) is -1.02. The Bertz CT molecular complexity index is 758. The molecule has 0 spiro atoms. The van der Waals surface area contributed by atoms with Gasteiger partial charge in [0.25, 0.3) is 5.91 Å². The second kappa shape index (κ2) is 7.92. The minimum Gasteiger partial charge on any atom is -0.361 e. The first-order valence-electron chi connectivity index (χ1n) is 8.02. The molecule has 0 aliphatic carbocycles. The predicted octanol–water partition coefficient (Wildman–Crippen LogP) is 2.54. The summed E-state index contributed by atoms with van der Waals surface area (Å²) in [6, 6.07) is 6.64. The van der Waals surface area contributed by atoms with Crippen molar-refractivity contribution in [2.45, 2.75) is 33.4 Å². The SMILES string of the molecule is Cc1cc(CN(C)C(=O)C(NC(=O)c2ccccc2F)C(C)C)no1. The van der Waals surface area contributed by atoms with Gasteiger partial charge in [-0.3, -0.25) is 9.59 Å². The molecule has 2 aromatic rings. The van der Waals surface area contributed by atoms with Crippen LogP contribution >= 0.6 is 0 Å². The zero-order valence-electron chi connectivity index (χ0n) is 14.7. The van der Waals surface area contributed by atoms with Crippen molar-refractivity contribution in [3.8, 4) is 0 Å². The topological polar surface area (TPSA) is 75.4 Å². The Morgan fingerprint density at radius 2 is 2.00 bits per heavy atom. The van der Waals surface area contributed by atoms with Crippen LogP contribution in [-0.2, 0) is 11.3 Å². The van der Waals surface area contributed by atoms with Gasteiger partial charge in [-0.25, -0.2) is 4.39 Å². The van der Waals surface area contributed by atoms with E-state index in [1.54, 1.807) is 26.1 Å². The van der Waals surface area contributed by atoms with Crippen LogP contribution in [0.2, 0.25) is 0 Å². The van der Waals surface area contributed by atoms with Crippen molar-refractivity contribution in [1.82, 2.24) is 15.4 Å². The zero-order valence-corrected chi connectivity index (χ0v) is 14.7. The van der Waals surface area contributed by atoms with E-state index in [1.165, 1.54) is 23.1 Å². The van der Waals surface area contributed by atoms with Gasteiger partial charge in [-0.05, 0) is 25.0 Å². The van der Waals surface area contributed by atoms with E-state index in [0.29, 0.717) is 11.5 Å². The van der Waals surface area contributed by atoms with Crippen LogP contribution in [0.4, 0.5) is 4.39 Å². The number of nitrogens with zero attached hydrogens (tertiary/aromatic N) is 2. The van der Waals surface area contributed by atoms with E-state index in [2.05, 4.69) is 10.5 Å². The largest absolute Gasteiger partial charge is 0.361 e. The van der Waals surface area contributed by atoms with Crippen molar-refractivity contribution in [2.75, 3.05) is 7.05 Å². The van der Waals surface area contributed by atoms with E-state index in [1.807, 2.05) is 13.8 Å². The molecule has 1 atom stereocenters. The van der Waals surface area contributed by atoms with Crippen LogP contribution < -0.4 is 5.32 Å². The number of rotatable bonds is 6. The number of hydrogen-bond acceptors (Lipinski definition) is 4. The normalized spacial score (nSPS) is 12.1. The zero-order chi connectivity index (χ0) is 18.6.